The highest BCUT2D eigenvalue weighted by molar-refractivity contribution is 8.16. The maximum atomic E-state index is 12.8. The van der Waals surface area contributed by atoms with Crippen molar-refractivity contribution in [3.8, 4) is 0 Å². The Morgan fingerprint density at radius 3 is 2.61 bits per heavy atom. The minimum absolute atomic E-state index is 0.0311. The summed E-state index contributed by atoms with van der Waals surface area (Å²) in [5, 5.41) is 0.435. The van der Waals surface area contributed by atoms with E-state index in [1.807, 2.05) is 11.0 Å². The average molecular weight is 421 g/mol. The fraction of sp³-hybridized carbons (Fsp3) is 0.550. The highest BCUT2D eigenvalue weighted by Crippen LogP contribution is 2.41. The normalized spacial score (nSPS) is 28.5. The molecule has 1 aliphatic carbocycles. The first kappa shape index (κ1) is 19.6. The molecule has 0 unspecified atom stereocenters. The van der Waals surface area contributed by atoms with Gasteiger partial charge in [-0.25, -0.2) is 8.42 Å². The van der Waals surface area contributed by atoms with Crippen LogP contribution < -0.4 is 4.90 Å². The van der Waals surface area contributed by atoms with Crippen molar-refractivity contribution in [3.05, 3.63) is 29.8 Å². The van der Waals surface area contributed by atoms with E-state index in [0.717, 1.165) is 31.4 Å². The first-order valence-electron chi connectivity index (χ1n) is 9.74. The minimum Gasteiger partial charge on any atom is -0.316 e. The minimum atomic E-state index is -3.11. The molecule has 28 heavy (non-hydrogen) atoms. The summed E-state index contributed by atoms with van der Waals surface area (Å²) in [6.45, 7) is 1.50. The molecule has 0 bridgehead atoms. The predicted molar refractivity (Wildman–Crippen MR) is 112 cm³/mol. The number of thioether (sulfide) groups is 1. The van der Waals surface area contributed by atoms with Gasteiger partial charge in [0.2, 0.25) is 0 Å². The average Bonchev–Trinajstić information content (AvgIpc) is 3.13. The van der Waals surface area contributed by atoms with Crippen LogP contribution in [-0.2, 0) is 14.6 Å². The largest absolute Gasteiger partial charge is 0.316 e. The molecule has 2 saturated heterocycles. The molecule has 0 radical (unpaired) electrons. The Morgan fingerprint density at radius 1 is 1.14 bits per heavy atom. The topological polar surface area (TPSA) is 83.9 Å². The third kappa shape index (κ3) is 3.89. The molecule has 2 aliphatic heterocycles. The summed E-state index contributed by atoms with van der Waals surface area (Å²) in [6, 6.07) is 6.88. The molecule has 4 rings (SSSR count). The second-order valence-corrected chi connectivity index (χ2v) is 11.2. The molecule has 0 N–H and O–H groups in total. The number of Topliss-reactive ketones (excluding diaryl/α,β-unsaturated/α-hetero) is 1. The van der Waals surface area contributed by atoms with Gasteiger partial charge in [-0.15, -0.1) is 0 Å². The summed E-state index contributed by atoms with van der Waals surface area (Å²) in [4.78, 5) is 30.9. The monoisotopic (exact) mass is 420 g/mol. The summed E-state index contributed by atoms with van der Waals surface area (Å²) in [7, 11) is -3.11. The number of benzene rings is 1. The zero-order valence-electron chi connectivity index (χ0n) is 15.8. The molecule has 1 aromatic rings. The maximum Gasteiger partial charge on any atom is 0.251 e. The molecule has 1 amide bonds. The Bertz CT molecular complexity index is 935. The standard InChI is InChI=1S/C20H24N2O4S2/c1-13(23)15-8-5-9-16(10-15)22-17-11-28(25,26)12-18(17)27-20(22)21-19(24)14-6-3-2-4-7-14/h5,8-10,14,17-18H,2-4,6-7,11-12H2,1H3/t17-,18-/m0/s1. The summed E-state index contributed by atoms with van der Waals surface area (Å²) in [5.74, 6) is -0.0387. The van der Waals surface area contributed by atoms with E-state index in [2.05, 4.69) is 4.99 Å². The van der Waals surface area contributed by atoms with Crippen molar-refractivity contribution in [2.75, 3.05) is 16.4 Å². The maximum absolute atomic E-state index is 12.8. The van der Waals surface area contributed by atoms with E-state index in [4.69, 9.17) is 0 Å². The number of ketones is 1. The Kier molecular flexibility index (Phi) is 5.35. The lowest BCUT2D eigenvalue weighted by Crippen LogP contribution is -2.38. The van der Waals surface area contributed by atoms with Crippen LogP contribution in [0, 0.1) is 5.92 Å². The Morgan fingerprint density at radius 2 is 1.89 bits per heavy atom. The highest BCUT2D eigenvalue weighted by Gasteiger charge is 2.49. The van der Waals surface area contributed by atoms with Crippen LogP contribution in [0.3, 0.4) is 0 Å². The van der Waals surface area contributed by atoms with Crippen LogP contribution in [0.1, 0.15) is 49.4 Å². The Hall–Kier alpha value is -1.67. The number of anilines is 1. The number of carbonyl (C=O) groups is 2. The molecule has 150 valence electrons. The van der Waals surface area contributed by atoms with E-state index in [-0.39, 0.29) is 40.4 Å². The fourth-order valence-corrected chi connectivity index (χ4v) is 8.20. The van der Waals surface area contributed by atoms with Gasteiger partial charge >= 0.3 is 0 Å². The van der Waals surface area contributed by atoms with Crippen molar-refractivity contribution >= 4 is 44.1 Å². The third-order valence-corrected chi connectivity index (χ3v) is 8.97. The van der Waals surface area contributed by atoms with E-state index < -0.39 is 9.84 Å². The van der Waals surface area contributed by atoms with E-state index >= 15 is 0 Å². The van der Waals surface area contributed by atoms with E-state index in [1.54, 1.807) is 18.2 Å². The van der Waals surface area contributed by atoms with E-state index in [9.17, 15) is 18.0 Å². The third-order valence-electron chi connectivity index (χ3n) is 5.76. The van der Waals surface area contributed by atoms with Gasteiger partial charge in [-0.2, -0.15) is 4.99 Å². The Balaban J connectivity index is 1.69. The number of hydrogen-bond acceptors (Lipinski definition) is 5. The zero-order chi connectivity index (χ0) is 19.9. The first-order valence-corrected chi connectivity index (χ1v) is 12.4. The molecule has 0 aromatic heterocycles. The van der Waals surface area contributed by atoms with Crippen LogP contribution in [0.15, 0.2) is 29.3 Å². The SMILES string of the molecule is CC(=O)c1cccc(N2C(=NC(=O)C3CCCCC3)S[C@H]3CS(=O)(=O)C[C@@H]32)c1. The van der Waals surface area contributed by atoms with Gasteiger partial charge in [-0.05, 0) is 31.9 Å². The van der Waals surface area contributed by atoms with E-state index in [1.165, 1.54) is 25.1 Å². The Labute approximate surface area is 169 Å². The zero-order valence-corrected chi connectivity index (χ0v) is 17.5. The lowest BCUT2D eigenvalue weighted by atomic mass is 9.89. The number of rotatable bonds is 3. The van der Waals surface area contributed by atoms with Crippen LogP contribution in [0.5, 0.6) is 0 Å². The van der Waals surface area contributed by atoms with Crippen LogP contribution in [0.2, 0.25) is 0 Å². The molecular weight excluding hydrogens is 396 g/mol. The molecular formula is C20H24N2O4S2. The molecule has 2 heterocycles. The second-order valence-electron chi connectivity index (χ2n) is 7.84. The molecule has 3 fully saturated rings. The van der Waals surface area contributed by atoms with Crippen molar-refractivity contribution in [2.24, 2.45) is 10.9 Å². The smallest absolute Gasteiger partial charge is 0.251 e. The fourth-order valence-electron chi connectivity index (χ4n) is 4.28. The molecule has 1 saturated carbocycles. The molecule has 0 spiro atoms. The molecule has 1 aromatic carbocycles. The number of aliphatic imine (C=N–C) groups is 1. The number of amidine groups is 1. The van der Waals surface area contributed by atoms with Crippen LogP contribution in [-0.4, -0.2) is 48.1 Å². The number of carbonyl (C=O) groups excluding carboxylic acids is 2. The van der Waals surface area contributed by atoms with Gasteiger partial charge in [0.15, 0.2) is 20.8 Å². The molecule has 3 aliphatic rings. The van der Waals surface area contributed by atoms with Crippen LogP contribution in [0.4, 0.5) is 5.69 Å². The predicted octanol–water partition coefficient (Wildman–Crippen LogP) is 3.07. The number of hydrogen-bond donors (Lipinski definition) is 0. The summed E-state index contributed by atoms with van der Waals surface area (Å²) >= 11 is 1.38. The van der Waals surface area contributed by atoms with Gasteiger partial charge in [0.25, 0.3) is 5.91 Å². The number of sulfone groups is 1. The van der Waals surface area contributed by atoms with Crippen molar-refractivity contribution < 1.29 is 18.0 Å². The number of fused-ring (bicyclic) bond motifs is 1. The van der Waals surface area contributed by atoms with Gasteiger partial charge in [0.05, 0.1) is 17.5 Å². The highest BCUT2D eigenvalue weighted by atomic mass is 32.2. The van der Waals surface area contributed by atoms with Crippen molar-refractivity contribution in [1.29, 1.82) is 0 Å². The van der Waals surface area contributed by atoms with Gasteiger partial charge in [-0.3, -0.25) is 9.59 Å². The summed E-state index contributed by atoms with van der Waals surface area (Å²) in [6.07, 6.45) is 5.04. The molecule has 8 heteroatoms. The quantitative estimate of drug-likeness (QED) is 0.699. The van der Waals surface area contributed by atoms with Gasteiger partial charge in [0.1, 0.15) is 0 Å². The lowest BCUT2D eigenvalue weighted by Gasteiger charge is -2.25. The summed E-state index contributed by atoms with van der Waals surface area (Å²) < 4.78 is 24.3. The van der Waals surface area contributed by atoms with Gasteiger partial charge in [0, 0.05) is 22.4 Å². The van der Waals surface area contributed by atoms with Crippen molar-refractivity contribution in [2.45, 2.75) is 50.3 Å². The summed E-state index contributed by atoms with van der Waals surface area (Å²) in [5.41, 5.74) is 1.28. The van der Waals surface area contributed by atoms with Gasteiger partial charge in [-0.1, -0.05) is 43.2 Å². The second kappa shape index (κ2) is 7.63. The van der Waals surface area contributed by atoms with Crippen molar-refractivity contribution in [3.63, 3.8) is 0 Å². The number of nitrogens with zero attached hydrogens (tertiary/aromatic N) is 2. The lowest BCUT2D eigenvalue weighted by molar-refractivity contribution is -0.122. The van der Waals surface area contributed by atoms with Crippen LogP contribution >= 0.6 is 11.8 Å². The first-order chi connectivity index (χ1) is 13.3. The van der Waals surface area contributed by atoms with Crippen LogP contribution in [0.25, 0.3) is 0 Å². The van der Waals surface area contributed by atoms with Crippen molar-refractivity contribution in [1.82, 2.24) is 0 Å². The van der Waals surface area contributed by atoms with Gasteiger partial charge < -0.3 is 4.90 Å². The van der Waals surface area contributed by atoms with E-state index in [0.29, 0.717) is 10.7 Å². The number of amides is 1. The molecule has 2 atom stereocenters. The molecule has 6 nitrogen and oxygen atoms in total.